The number of esters is 1. The van der Waals surface area contributed by atoms with Gasteiger partial charge in [-0.15, -0.1) is 0 Å². The molecule has 8 heteroatoms. The molecule has 2 amide bonds. The normalized spacial score (nSPS) is 19.8. The van der Waals surface area contributed by atoms with Crippen molar-refractivity contribution in [1.29, 1.82) is 0 Å². The summed E-state index contributed by atoms with van der Waals surface area (Å²) in [5.74, 6) is -1.46. The zero-order chi connectivity index (χ0) is 18.8. The minimum Gasteiger partial charge on any atom is -0.461 e. The lowest BCUT2D eigenvalue weighted by Gasteiger charge is -2.26. The average molecular weight is 357 g/mol. The number of fused-ring (bicyclic) bond motifs is 1. The maximum absolute atomic E-state index is 12.4. The molecule has 1 aliphatic heterocycles. The third-order valence-electron chi connectivity index (χ3n) is 4.35. The maximum Gasteiger partial charge on any atom is 0.308 e. The summed E-state index contributed by atoms with van der Waals surface area (Å²) in [4.78, 5) is 47.8. The van der Waals surface area contributed by atoms with E-state index in [-0.39, 0.29) is 24.5 Å². The fourth-order valence-electron chi connectivity index (χ4n) is 2.86. The molecule has 2 N–H and O–H groups in total. The molecule has 3 rings (SSSR count). The summed E-state index contributed by atoms with van der Waals surface area (Å²) in [6, 6.07) is 7.48. The van der Waals surface area contributed by atoms with Gasteiger partial charge in [-0.05, 0) is 24.4 Å². The number of carbonyl (C=O) groups is 3. The maximum atomic E-state index is 12.4. The van der Waals surface area contributed by atoms with Gasteiger partial charge in [0.05, 0.1) is 17.5 Å². The van der Waals surface area contributed by atoms with Crippen LogP contribution >= 0.6 is 0 Å². The van der Waals surface area contributed by atoms with Crippen molar-refractivity contribution in [2.24, 2.45) is 7.05 Å². The number of aryl methyl sites for hydroxylation is 1. The number of pyridine rings is 1. The van der Waals surface area contributed by atoms with Crippen molar-refractivity contribution in [1.82, 2.24) is 15.2 Å². The van der Waals surface area contributed by atoms with Gasteiger partial charge < -0.3 is 19.9 Å². The molecule has 136 valence electrons. The van der Waals surface area contributed by atoms with Gasteiger partial charge in [-0.2, -0.15) is 0 Å². The quantitative estimate of drug-likeness (QED) is 0.748. The lowest BCUT2D eigenvalue weighted by molar-refractivity contribution is -0.148. The Hall–Kier alpha value is -3.16. The zero-order valence-electron chi connectivity index (χ0n) is 14.4. The fraction of sp³-hybridized carbons (Fsp3) is 0.333. The number of nitrogens with one attached hydrogen (secondary N) is 2. The molecule has 1 saturated heterocycles. The Bertz CT molecular complexity index is 949. The van der Waals surface area contributed by atoms with Crippen molar-refractivity contribution >= 4 is 28.7 Å². The van der Waals surface area contributed by atoms with Gasteiger partial charge in [0, 0.05) is 7.05 Å². The van der Waals surface area contributed by atoms with E-state index in [4.69, 9.17) is 4.74 Å². The molecule has 2 aromatic rings. The Morgan fingerprint density at radius 2 is 1.88 bits per heavy atom. The monoisotopic (exact) mass is 357 g/mol. The van der Waals surface area contributed by atoms with E-state index in [1.165, 1.54) is 4.57 Å². The minimum absolute atomic E-state index is 0.199. The largest absolute Gasteiger partial charge is 0.461 e. The highest BCUT2D eigenvalue weighted by atomic mass is 16.5. The van der Waals surface area contributed by atoms with Crippen molar-refractivity contribution in [2.45, 2.75) is 32.0 Å². The lowest BCUT2D eigenvalue weighted by Crippen LogP contribution is -2.61. The molecule has 8 nitrogen and oxygen atoms in total. The Balaban J connectivity index is 1.67. The minimum atomic E-state index is -0.967. The van der Waals surface area contributed by atoms with Crippen LogP contribution < -0.4 is 16.2 Å². The summed E-state index contributed by atoms with van der Waals surface area (Å²) < 4.78 is 6.64. The van der Waals surface area contributed by atoms with Crippen LogP contribution in [0.5, 0.6) is 0 Å². The number of rotatable bonds is 4. The molecule has 1 aliphatic rings. The van der Waals surface area contributed by atoms with E-state index in [0.717, 1.165) is 10.9 Å². The molecule has 0 radical (unpaired) electrons. The van der Waals surface area contributed by atoms with Crippen LogP contribution in [-0.2, 0) is 32.8 Å². The van der Waals surface area contributed by atoms with E-state index in [0.29, 0.717) is 5.56 Å². The molecule has 1 aromatic carbocycles. The van der Waals surface area contributed by atoms with E-state index < -0.39 is 24.0 Å². The molecule has 26 heavy (non-hydrogen) atoms. The van der Waals surface area contributed by atoms with Crippen LogP contribution in [-0.4, -0.2) is 34.4 Å². The van der Waals surface area contributed by atoms with Crippen LogP contribution in [0.2, 0.25) is 0 Å². The summed E-state index contributed by atoms with van der Waals surface area (Å²) >= 11 is 0. The van der Waals surface area contributed by atoms with Gasteiger partial charge >= 0.3 is 5.97 Å². The third-order valence-corrected chi connectivity index (χ3v) is 4.35. The van der Waals surface area contributed by atoms with Crippen LogP contribution in [0.1, 0.15) is 18.9 Å². The van der Waals surface area contributed by atoms with Crippen molar-refractivity contribution in [3.05, 3.63) is 46.2 Å². The van der Waals surface area contributed by atoms with Gasteiger partial charge in [0.2, 0.25) is 11.8 Å². The predicted octanol–water partition coefficient (Wildman–Crippen LogP) is -0.0251. The number of para-hydroxylation sites is 1. The first-order valence-electron chi connectivity index (χ1n) is 8.21. The predicted molar refractivity (Wildman–Crippen MR) is 93.1 cm³/mol. The van der Waals surface area contributed by atoms with Crippen LogP contribution in [0.25, 0.3) is 10.9 Å². The molecule has 2 unspecified atom stereocenters. The van der Waals surface area contributed by atoms with Crippen LogP contribution in [0.3, 0.4) is 0 Å². The molecule has 1 fully saturated rings. The second kappa shape index (κ2) is 6.99. The number of nitrogens with zero attached hydrogens (tertiary/aromatic N) is 1. The number of aromatic nitrogens is 1. The first-order valence-corrected chi connectivity index (χ1v) is 8.21. The molecule has 2 heterocycles. The van der Waals surface area contributed by atoms with Gasteiger partial charge in [-0.3, -0.25) is 19.2 Å². The highest BCUT2D eigenvalue weighted by Crippen LogP contribution is 2.13. The van der Waals surface area contributed by atoms with E-state index >= 15 is 0 Å². The van der Waals surface area contributed by atoms with E-state index in [9.17, 15) is 19.2 Å². The van der Waals surface area contributed by atoms with Gasteiger partial charge in [0.1, 0.15) is 18.7 Å². The van der Waals surface area contributed by atoms with Crippen molar-refractivity contribution in [3.63, 3.8) is 0 Å². The Morgan fingerprint density at radius 1 is 1.15 bits per heavy atom. The molecule has 0 spiro atoms. The smallest absolute Gasteiger partial charge is 0.308 e. The second-order valence-electron chi connectivity index (χ2n) is 6.25. The number of amides is 2. The highest BCUT2D eigenvalue weighted by Gasteiger charge is 2.32. The number of benzene rings is 1. The van der Waals surface area contributed by atoms with Crippen molar-refractivity contribution in [3.8, 4) is 0 Å². The van der Waals surface area contributed by atoms with E-state index in [2.05, 4.69) is 10.6 Å². The number of ether oxygens (including phenoxy) is 1. The topological polar surface area (TPSA) is 106 Å². The molecular formula is C18H19N3O5. The lowest BCUT2D eigenvalue weighted by atomic mass is 10.1. The summed E-state index contributed by atoms with van der Waals surface area (Å²) in [7, 11) is 1.65. The highest BCUT2D eigenvalue weighted by molar-refractivity contribution is 5.98. The summed E-state index contributed by atoms with van der Waals surface area (Å²) in [5, 5.41) is 5.81. The SMILES string of the molecule is CC1NC(=O)C(CC(=O)OCc2cc3ccccc3n(C)c2=O)NC1=O. The fourth-order valence-corrected chi connectivity index (χ4v) is 2.86. The van der Waals surface area contributed by atoms with Crippen molar-refractivity contribution < 1.29 is 19.1 Å². The van der Waals surface area contributed by atoms with Crippen LogP contribution in [0.15, 0.2) is 35.1 Å². The number of piperazine rings is 1. The Morgan fingerprint density at radius 3 is 2.65 bits per heavy atom. The molecule has 0 aliphatic carbocycles. The number of hydrogen-bond acceptors (Lipinski definition) is 5. The van der Waals surface area contributed by atoms with Gasteiger partial charge in [-0.25, -0.2) is 0 Å². The standard InChI is InChI=1S/C18H19N3O5/c1-10-16(23)20-13(17(24)19-10)8-15(22)26-9-12-7-11-5-3-4-6-14(11)21(2)18(12)25/h3-7,10,13H,8-9H2,1-2H3,(H,19,24)(H,20,23). The first kappa shape index (κ1) is 17.7. The Labute approximate surface area is 149 Å². The molecule has 1 aromatic heterocycles. The summed E-state index contributed by atoms with van der Waals surface area (Å²) in [6.45, 7) is 1.35. The molecule has 2 atom stereocenters. The summed E-state index contributed by atoms with van der Waals surface area (Å²) in [6.07, 6.45) is -0.293. The van der Waals surface area contributed by atoms with Crippen LogP contribution in [0.4, 0.5) is 0 Å². The van der Waals surface area contributed by atoms with E-state index in [1.54, 1.807) is 20.0 Å². The Kier molecular flexibility index (Phi) is 4.75. The first-order chi connectivity index (χ1) is 12.4. The third kappa shape index (κ3) is 3.44. The number of carbonyl (C=O) groups excluding carboxylic acids is 3. The van der Waals surface area contributed by atoms with Gasteiger partial charge in [-0.1, -0.05) is 18.2 Å². The average Bonchev–Trinajstić information content (AvgIpc) is 2.61. The van der Waals surface area contributed by atoms with Crippen molar-refractivity contribution in [2.75, 3.05) is 0 Å². The molecule has 0 saturated carbocycles. The van der Waals surface area contributed by atoms with Crippen LogP contribution in [0, 0.1) is 0 Å². The van der Waals surface area contributed by atoms with E-state index in [1.807, 2.05) is 24.3 Å². The second-order valence-corrected chi connectivity index (χ2v) is 6.25. The summed E-state index contributed by atoms with van der Waals surface area (Å²) in [5.41, 5.74) is 0.864. The van der Waals surface area contributed by atoms with Gasteiger partial charge in [0.15, 0.2) is 0 Å². The van der Waals surface area contributed by atoms with Gasteiger partial charge in [0.25, 0.3) is 5.56 Å². The molecular weight excluding hydrogens is 338 g/mol. The molecule has 0 bridgehead atoms. The zero-order valence-corrected chi connectivity index (χ0v) is 14.4. The number of hydrogen-bond donors (Lipinski definition) is 2.